The van der Waals surface area contributed by atoms with Crippen molar-refractivity contribution in [3.63, 3.8) is 0 Å². The van der Waals surface area contributed by atoms with E-state index >= 15 is 0 Å². The third-order valence-corrected chi connectivity index (χ3v) is 3.34. The smallest absolute Gasteiger partial charge is 0.461 e. The molecular formula is C12H8BrF5O2. The Labute approximate surface area is 119 Å². The average molecular weight is 359 g/mol. The van der Waals surface area contributed by atoms with Crippen molar-refractivity contribution in [2.45, 2.75) is 24.9 Å². The molecule has 0 amide bonds. The van der Waals surface area contributed by atoms with Crippen molar-refractivity contribution in [2.75, 3.05) is 6.61 Å². The fraction of sp³-hybridized carbons (Fsp3) is 0.417. The third-order valence-electron chi connectivity index (χ3n) is 2.88. The van der Waals surface area contributed by atoms with E-state index in [0.29, 0.717) is 23.1 Å². The molecule has 1 aromatic rings. The molecule has 20 heavy (non-hydrogen) atoms. The minimum absolute atomic E-state index is 0.0285. The van der Waals surface area contributed by atoms with Crippen molar-refractivity contribution < 1.29 is 31.5 Å². The Morgan fingerprint density at radius 2 is 1.90 bits per heavy atom. The van der Waals surface area contributed by atoms with Gasteiger partial charge in [0, 0.05) is 22.9 Å². The molecule has 110 valence electrons. The minimum Gasteiger partial charge on any atom is -0.493 e. The van der Waals surface area contributed by atoms with E-state index in [1.54, 1.807) is 6.07 Å². The summed E-state index contributed by atoms with van der Waals surface area (Å²) in [6, 6.07) is 2.99. The number of Topliss-reactive ketones (excluding diaryl/α,β-unsaturated/α-hetero) is 1. The monoisotopic (exact) mass is 358 g/mol. The standard InChI is InChI=1S/C12H8BrF5O2/c13-8-3-6-1-2-20-10(6)7(4-8)5-9(19)11(14,15)12(16,17)18/h3-4H,1-2,5H2. The molecule has 2 nitrogen and oxygen atoms in total. The lowest BCUT2D eigenvalue weighted by Gasteiger charge is -2.18. The number of carbonyl (C=O) groups is 1. The molecule has 0 saturated heterocycles. The maximum absolute atomic E-state index is 12.9. The normalized spacial score (nSPS) is 14.9. The van der Waals surface area contributed by atoms with Crippen LogP contribution >= 0.6 is 15.9 Å². The lowest BCUT2D eigenvalue weighted by atomic mass is 10.0. The zero-order valence-electron chi connectivity index (χ0n) is 9.86. The molecule has 0 radical (unpaired) electrons. The summed E-state index contributed by atoms with van der Waals surface area (Å²) in [5, 5.41) is 0. The van der Waals surface area contributed by atoms with Gasteiger partial charge in [0.15, 0.2) is 0 Å². The number of ketones is 1. The summed E-state index contributed by atoms with van der Waals surface area (Å²) in [4.78, 5) is 11.3. The van der Waals surface area contributed by atoms with Crippen LogP contribution in [-0.4, -0.2) is 24.5 Å². The minimum atomic E-state index is -5.89. The van der Waals surface area contributed by atoms with Crippen LogP contribution in [0.3, 0.4) is 0 Å². The number of rotatable bonds is 3. The van der Waals surface area contributed by atoms with Crippen molar-refractivity contribution >= 4 is 21.7 Å². The number of fused-ring (bicyclic) bond motifs is 1. The Bertz CT molecular complexity index is 554. The van der Waals surface area contributed by atoms with Gasteiger partial charge in [0.25, 0.3) is 0 Å². The van der Waals surface area contributed by atoms with Gasteiger partial charge in [0.1, 0.15) is 5.75 Å². The predicted molar refractivity (Wildman–Crippen MR) is 63.1 cm³/mol. The number of alkyl halides is 5. The molecule has 0 atom stereocenters. The summed E-state index contributed by atoms with van der Waals surface area (Å²) < 4.78 is 67.9. The molecule has 0 fully saturated rings. The fourth-order valence-corrected chi connectivity index (χ4v) is 2.47. The van der Waals surface area contributed by atoms with Gasteiger partial charge in [0.05, 0.1) is 6.61 Å². The Kier molecular flexibility index (Phi) is 3.79. The van der Waals surface area contributed by atoms with Gasteiger partial charge in [-0.2, -0.15) is 22.0 Å². The van der Waals surface area contributed by atoms with Crippen molar-refractivity contribution in [2.24, 2.45) is 0 Å². The zero-order valence-corrected chi connectivity index (χ0v) is 11.4. The van der Waals surface area contributed by atoms with E-state index < -0.39 is 24.3 Å². The molecular weight excluding hydrogens is 351 g/mol. The van der Waals surface area contributed by atoms with Crippen molar-refractivity contribution in [1.29, 1.82) is 0 Å². The van der Waals surface area contributed by atoms with Gasteiger partial charge in [-0.05, 0) is 17.7 Å². The Balaban J connectivity index is 2.30. The maximum atomic E-state index is 12.9. The molecule has 8 heteroatoms. The van der Waals surface area contributed by atoms with Crippen LogP contribution in [0.25, 0.3) is 0 Å². The maximum Gasteiger partial charge on any atom is 0.461 e. The molecule has 0 aromatic heterocycles. The Morgan fingerprint density at radius 1 is 1.25 bits per heavy atom. The highest BCUT2D eigenvalue weighted by Crippen LogP contribution is 2.39. The summed E-state index contributed by atoms with van der Waals surface area (Å²) >= 11 is 3.12. The van der Waals surface area contributed by atoms with E-state index in [1.807, 2.05) is 0 Å². The third kappa shape index (κ3) is 2.65. The lowest BCUT2D eigenvalue weighted by Crippen LogP contribution is -2.44. The Hall–Kier alpha value is -1.18. The number of halogens is 6. The molecule has 1 aliphatic rings. The van der Waals surface area contributed by atoms with Gasteiger partial charge in [-0.1, -0.05) is 15.9 Å². The molecule has 1 heterocycles. The highest BCUT2D eigenvalue weighted by molar-refractivity contribution is 9.10. The van der Waals surface area contributed by atoms with Crippen LogP contribution in [0, 0.1) is 0 Å². The van der Waals surface area contributed by atoms with Crippen molar-refractivity contribution in [3.05, 3.63) is 27.7 Å². The molecule has 0 aliphatic carbocycles. The van der Waals surface area contributed by atoms with Crippen LogP contribution in [0.4, 0.5) is 22.0 Å². The van der Waals surface area contributed by atoms with Crippen LogP contribution in [0.15, 0.2) is 16.6 Å². The van der Waals surface area contributed by atoms with E-state index in [4.69, 9.17) is 4.74 Å². The van der Waals surface area contributed by atoms with Crippen LogP contribution in [0.2, 0.25) is 0 Å². The van der Waals surface area contributed by atoms with Crippen LogP contribution in [0.5, 0.6) is 5.75 Å². The first-order valence-electron chi connectivity index (χ1n) is 5.55. The second-order valence-electron chi connectivity index (χ2n) is 4.32. The van der Waals surface area contributed by atoms with Gasteiger partial charge in [0.2, 0.25) is 5.78 Å². The summed E-state index contributed by atoms with van der Waals surface area (Å²) in [5.41, 5.74) is 0.707. The quantitative estimate of drug-likeness (QED) is 0.770. The average Bonchev–Trinajstić information content (AvgIpc) is 2.75. The summed E-state index contributed by atoms with van der Waals surface area (Å²) in [6.07, 6.45) is -6.40. The van der Waals surface area contributed by atoms with Gasteiger partial charge in [-0.25, -0.2) is 0 Å². The first kappa shape index (κ1) is 15.2. The topological polar surface area (TPSA) is 26.3 Å². The van der Waals surface area contributed by atoms with Gasteiger partial charge < -0.3 is 4.74 Å². The highest BCUT2D eigenvalue weighted by atomic mass is 79.9. The SMILES string of the molecule is O=C(Cc1cc(Br)cc2c1OCC2)C(F)(F)C(F)(F)F. The second-order valence-corrected chi connectivity index (χ2v) is 5.24. The van der Waals surface area contributed by atoms with E-state index in [-0.39, 0.29) is 11.3 Å². The number of hydrogen-bond acceptors (Lipinski definition) is 2. The molecule has 0 unspecified atom stereocenters. The second kappa shape index (κ2) is 4.98. The lowest BCUT2D eigenvalue weighted by molar-refractivity contribution is -0.268. The molecule has 0 N–H and O–H groups in total. The number of ether oxygens (including phenoxy) is 1. The van der Waals surface area contributed by atoms with Gasteiger partial charge >= 0.3 is 12.1 Å². The molecule has 0 spiro atoms. The number of hydrogen-bond donors (Lipinski definition) is 0. The summed E-state index contributed by atoms with van der Waals surface area (Å²) in [5.74, 6) is -7.33. The summed E-state index contributed by atoms with van der Waals surface area (Å²) in [7, 11) is 0. The van der Waals surface area contributed by atoms with Gasteiger partial charge in [-0.15, -0.1) is 0 Å². The Morgan fingerprint density at radius 3 is 2.50 bits per heavy atom. The van der Waals surface area contributed by atoms with Crippen LogP contribution in [0.1, 0.15) is 11.1 Å². The molecule has 0 saturated carbocycles. The van der Waals surface area contributed by atoms with Crippen molar-refractivity contribution in [1.82, 2.24) is 0 Å². The highest BCUT2D eigenvalue weighted by Gasteiger charge is 2.62. The first-order chi connectivity index (χ1) is 9.13. The summed E-state index contributed by atoms with van der Waals surface area (Å²) in [6.45, 7) is 0.308. The molecule has 1 aromatic carbocycles. The first-order valence-corrected chi connectivity index (χ1v) is 6.34. The van der Waals surface area contributed by atoms with E-state index in [0.717, 1.165) is 0 Å². The zero-order chi connectivity index (χ0) is 15.1. The number of carbonyl (C=O) groups excluding carboxylic acids is 1. The molecule has 0 bridgehead atoms. The molecule has 1 aliphatic heterocycles. The predicted octanol–water partition coefficient (Wildman–Crippen LogP) is 3.69. The van der Waals surface area contributed by atoms with E-state index in [9.17, 15) is 26.7 Å². The molecule has 2 rings (SSSR count). The van der Waals surface area contributed by atoms with E-state index in [2.05, 4.69) is 15.9 Å². The number of benzene rings is 1. The van der Waals surface area contributed by atoms with Crippen molar-refractivity contribution in [3.8, 4) is 5.75 Å². The largest absolute Gasteiger partial charge is 0.493 e. The van der Waals surface area contributed by atoms with Gasteiger partial charge in [-0.3, -0.25) is 4.79 Å². The fourth-order valence-electron chi connectivity index (χ4n) is 1.92. The van der Waals surface area contributed by atoms with Crippen LogP contribution in [-0.2, 0) is 17.6 Å². The van der Waals surface area contributed by atoms with Crippen LogP contribution < -0.4 is 4.74 Å². The van der Waals surface area contributed by atoms with E-state index in [1.165, 1.54) is 6.07 Å².